The molecule has 0 saturated carbocycles. The van der Waals surface area contributed by atoms with Gasteiger partial charge in [-0.2, -0.15) is 0 Å². The lowest BCUT2D eigenvalue weighted by Gasteiger charge is -2.24. The summed E-state index contributed by atoms with van der Waals surface area (Å²) in [4.78, 5) is 24.6. The zero-order chi connectivity index (χ0) is 13.8. The molecule has 0 spiro atoms. The van der Waals surface area contributed by atoms with Crippen LogP contribution in [0.1, 0.15) is 33.6 Å². The molecule has 1 rings (SSSR count). The van der Waals surface area contributed by atoms with Crippen molar-refractivity contribution in [2.45, 2.75) is 45.3 Å². The molecular weight excluding hydrogens is 236 g/mol. The molecule has 0 aromatic heterocycles. The van der Waals surface area contributed by atoms with Crippen LogP contribution in [-0.2, 0) is 9.47 Å². The van der Waals surface area contributed by atoms with Crippen LogP contribution in [0.5, 0.6) is 0 Å². The van der Waals surface area contributed by atoms with Gasteiger partial charge in [0.2, 0.25) is 0 Å². The van der Waals surface area contributed by atoms with Gasteiger partial charge < -0.3 is 19.7 Å². The molecule has 1 aliphatic rings. The lowest BCUT2D eigenvalue weighted by atomic mass is 10.2. The minimum absolute atomic E-state index is 0.00929. The van der Waals surface area contributed by atoms with Crippen molar-refractivity contribution in [2.24, 2.45) is 0 Å². The fourth-order valence-corrected chi connectivity index (χ4v) is 1.92. The largest absolute Gasteiger partial charge is 0.453 e. The van der Waals surface area contributed by atoms with Crippen molar-refractivity contribution >= 4 is 12.2 Å². The van der Waals surface area contributed by atoms with Crippen LogP contribution in [0.2, 0.25) is 0 Å². The molecular formula is C12H22N2O4. The number of likely N-dealkylation sites (tertiary alicyclic amines) is 1. The second-order valence-corrected chi connectivity index (χ2v) is 5.34. The first kappa shape index (κ1) is 14.6. The quantitative estimate of drug-likeness (QED) is 0.819. The van der Waals surface area contributed by atoms with Gasteiger partial charge in [0.25, 0.3) is 0 Å². The number of carbonyl (C=O) groups excluding carboxylic acids is 2. The van der Waals surface area contributed by atoms with E-state index in [0.29, 0.717) is 13.1 Å². The van der Waals surface area contributed by atoms with Crippen molar-refractivity contribution in [3.05, 3.63) is 0 Å². The highest BCUT2D eigenvalue weighted by molar-refractivity contribution is 5.69. The van der Waals surface area contributed by atoms with E-state index in [9.17, 15) is 9.59 Å². The van der Waals surface area contributed by atoms with E-state index in [1.54, 1.807) is 4.90 Å². The van der Waals surface area contributed by atoms with Crippen LogP contribution in [0.4, 0.5) is 9.59 Å². The third-order valence-corrected chi connectivity index (χ3v) is 2.67. The maximum absolute atomic E-state index is 11.5. The molecule has 1 saturated heterocycles. The van der Waals surface area contributed by atoms with Gasteiger partial charge in [-0.25, -0.2) is 9.59 Å². The van der Waals surface area contributed by atoms with E-state index in [0.717, 1.165) is 12.8 Å². The summed E-state index contributed by atoms with van der Waals surface area (Å²) < 4.78 is 9.83. The number of methoxy groups -OCH3 is 1. The maximum atomic E-state index is 11.5. The first-order chi connectivity index (χ1) is 8.33. The third kappa shape index (κ3) is 4.43. The molecule has 6 heteroatoms. The van der Waals surface area contributed by atoms with Gasteiger partial charge in [0.05, 0.1) is 13.2 Å². The molecule has 1 unspecified atom stereocenters. The second kappa shape index (κ2) is 5.93. The van der Waals surface area contributed by atoms with Crippen LogP contribution < -0.4 is 5.32 Å². The Morgan fingerprint density at radius 3 is 2.61 bits per heavy atom. The second-order valence-electron chi connectivity index (χ2n) is 5.34. The van der Waals surface area contributed by atoms with Crippen LogP contribution in [0.15, 0.2) is 0 Å². The van der Waals surface area contributed by atoms with Gasteiger partial charge in [-0.15, -0.1) is 0 Å². The summed E-state index contributed by atoms with van der Waals surface area (Å²) in [5.74, 6) is 0. The van der Waals surface area contributed by atoms with Crippen LogP contribution in [0.25, 0.3) is 0 Å². The molecule has 1 atom stereocenters. The Hall–Kier alpha value is -1.46. The third-order valence-electron chi connectivity index (χ3n) is 2.67. The minimum atomic E-state index is -0.512. The highest BCUT2D eigenvalue weighted by Crippen LogP contribution is 2.17. The average Bonchev–Trinajstić information content (AvgIpc) is 2.71. The topological polar surface area (TPSA) is 67.9 Å². The molecule has 2 amide bonds. The summed E-state index contributed by atoms with van der Waals surface area (Å²) in [6.45, 7) is 6.49. The van der Waals surface area contributed by atoms with E-state index < -0.39 is 11.7 Å². The van der Waals surface area contributed by atoms with Gasteiger partial charge in [0.15, 0.2) is 0 Å². The molecule has 1 aliphatic heterocycles. The number of ether oxygens (including phenoxy) is 2. The van der Waals surface area contributed by atoms with Crippen molar-refractivity contribution in [3.8, 4) is 0 Å². The molecule has 0 aromatic carbocycles. The van der Waals surface area contributed by atoms with Gasteiger partial charge in [0, 0.05) is 13.1 Å². The zero-order valence-electron chi connectivity index (χ0n) is 11.5. The number of hydrogen-bond donors (Lipinski definition) is 1. The molecule has 0 aromatic rings. The average molecular weight is 258 g/mol. The fraction of sp³-hybridized carbons (Fsp3) is 0.833. The Morgan fingerprint density at radius 1 is 1.39 bits per heavy atom. The van der Waals surface area contributed by atoms with Crippen molar-refractivity contribution in [2.75, 3.05) is 20.2 Å². The van der Waals surface area contributed by atoms with E-state index in [4.69, 9.17) is 9.47 Å². The molecule has 0 bridgehead atoms. The molecule has 104 valence electrons. The lowest BCUT2D eigenvalue weighted by molar-refractivity contribution is 0.0509. The molecule has 1 heterocycles. The normalized spacial score (nSPS) is 19.6. The van der Waals surface area contributed by atoms with Gasteiger partial charge >= 0.3 is 12.2 Å². The number of nitrogens with zero attached hydrogens (tertiary/aromatic N) is 1. The predicted octanol–water partition coefficient (Wildman–Crippen LogP) is 1.74. The summed E-state index contributed by atoms with van der Waals surface area (Å²) in [6.07, 6.45) is 0.989. The first-order valence-corrected chi connectivity index (χ1v) is 6.15. The van der Waals surface area contributed by atoms with Crippen molar-refractivity contribution in [3.63, 3.8) is 0 Å². The van der Waals surface area contributed by atoms with E-state index in [2.05, 4.69) is 5.32 Å². The fourth-order valence-electron chi connectivity index (χ4n) is 1.92. The summed E-state index contributed by atoms with van der Waals surface area (Å²) >= 11 is 0. The standard InChI is InChI=1S/C12H22N2O4/c1-12(2,3)18-10(15)13-8-9-6-5-7-14(9)11(16)17-4/h9H,5-8H2,1-4H3,(H,13,15). The molecule has 0 aliphatic carbocycles. The Balaban J connectivity index is 2.38. The van der Waals surface area contributed by atoms with Gasteiger partial charge in [-0.3, -0.25) is 0 Å². The predicted molar refractivity (Wildman–Crippen MR) is 66.4 cm³/mol. The highest BCUT2D eigenvalue weighted by Gasteiger charge is 2.30. The smallest absolute Gasteiger partial charge is 0.409 e. The lowest BCUT2D eigenvalue weighted by Crippen LogP contribution is -2.44. The summed E-state index contributed by atoms with van der Waals surface area (Å²) in [6, 6.07) is -0.00929. The number of carbonyl (C=O) groups is 2. The van der Waals surface area contributed by atoms with Crippen LogP contribution >= 0.6 is 0 Å². The monoisotopic (exact) mass is 258 g/mol. The minimum Gasteiger partial charge on any atom is -0.453 e. The van der Waals surface area contributed by atoms with E-state index in [1.165, 1.54) is 7.11 Å². The summed E-state index contributed by atoms with van der Waals surface area (Å²) in [5, 5.41) is 2.68. The first-order valence-electron chi connectivity index (χ1n) is 6.15. The van der Waals surface area contributed by atoms with Crippen LogP contribution in [0, 0.1) is 0 Å². The van der Waals surface area contributed by atoms with E-state index in [-0.39, 0.29) is 12.1 Å². The molecule has 0 radical (unpaired) electrons. The van der Waals surface area contributed by atoms with Gasteiger partial charge in [-0.1, -0.05) is 0 Å². The molecule has 1 fully saturated rings. The molecule has 18 heavy (non-hydrogen) atoms. The highest BCUT2D eigenvalue weighted by atomic mass is 16.6. The Kier molecular flexibility index (Phi) is 4.81. The number of hydrogen-bond acceptors (Lipinski definition) is 4. The summed E-state index contributed by atoms with van der Waals surface area (Å²) in [5.41, 5.74) is -0.512. The number of nitrogens with one attached hydrogen (secondary N) is 1. The number of amides is 2. The Bertz CT molecular complexity index is 312. The van der Waals surface area contributed by atoms with Crippen molar-refractivity contribution < 1.29 is 19.1 Å². The van der Waals surface area contributed by atoms with Crippen molar-refractivity contribution in [1.29, 1.82) is 0 Å². The zero-order valence-corrected chi connectivity index (χ0v) is 11.5. The SMILES string of the molecule is COC(=O)N1CCCC1CNC(=O)OC(C)(C)C. The molecule has 1 N–H and O–H groups in total. The Labute approximate surface area is 108 Å². The van der Waals surface area contributed by atoms with Crippen LogP contribution in [0.3, 0.4) is 0 Å². The van der Waals surface area contributed by atoms with Crippen molar-refractivity contribution in [1.82, 2.24) is 10.2 Å². The Morgan fingerprint density at radius 2 is 2.06 bits per heavy atom. The van der Waals surface area contributed by atoms with Crippen LogP contribution in [-0.4, -0.2) is 48.9 Å². The van der Waals surface area contributed by atoms with E-state index in [1.807, 2.05) is 20.8 Å². The molecule has 6 nitrogen and oxygen atoms in total. The number of rotatable bonds is 2. The van der Waals surface area contributed by atoms with Gasteiger partial charge in [-0.05, 0) is 33.6 Å². The van der Waals surface area contributed by atoms with E-state index >= 15 is 0 Å². The number of alkyl carbamates (subject to hydrolysis) is 1. The van der Waals surface area contributed by atoms with Gasteiger partial charge in [0.1, 0.15) is 5.60 Å². The summed E-state index contributed by atoms with van der Waals surface area (Å²) in [7, 11) is 1.36. The maximum Gasteiger partial charge on any atom is 0.409 e.